The molecule has 33 heavy (non-hydrogen) atoms. The Bertz CT molecular complexity index is 1250. The number of carbonyl (C=O) groups is 1. The number of nitrogens with zero attached hydrogens (tertiary/aromatic N) is 3. The van der Waals surface area contributed by atoms with Crippen LogP contribution in [0.25, 0.3) is 11.3 Å². The van der Waals surface area contributed by atoms with Crippen molar-refractivity contribution in [3.8, 4) is 11.3 Å². The van der Waals surface area contributed by atoms with Crippen molar-refractivity contribution in [1.29, 1.82) is 0 Å². The first kappa shape index (κ1) is 23.3. The Morgan fingerprint density at radius 2 is 1.88 bits per heavy atom. The van der Waals surface area contributed by atoms with E-state index in [0.717, 1.165) is 42.7 Å². The normalized spacial score (nSPS) is 14.7. The number of piperidine rings is 1. The maximum Gasteiger partial charge on any atom is 0.260 e. The summed E-state index contributed by atoms with van der Waals surface area (Å²) in [4.78, 5) is 18.9. The zero-order valence-corrected chi connectivity index (χ0v) is 19.6. The van der Waals surface area contributed by atoms with Gasteiger partial charge in [-0.3, -0.25) is 9.69 Å². The van der Waals surface area contributed by atoms with Crippen LogP contribution < -0.4 is 4.90 Å². The number of carbonyl (C=O) groups excluding carboxylic acids is 1. The van der Waals surface area contributed by atoms with Crippen LogP contribution in [0, 0.1) is 5.82 Å². The molecule has 3 aromatic rings. The Kier molecular flexibility index (Phi) is 7.02. The van der Waals surface area contributed by atoms with E-state index < -0.39 is 26.6 Å². The van der Waals surface area contributed by atoms with Crippen LogP contribution in [0.2, 0.25) is 0 Å². The van der Waals surface area contributed by atoms with E-state index in [2.05, 4.69) is 11.6 Å². The van der Waals surface area contributed by atoms with Crippen LogP contribution in [0.15, 0.2) is 71.5 Å². The first-order valence-electron chi connectivity index (χ1n) is 10.6. The average Bonchev–Trinajstić information content (AvgIpc) is 3.33. The molecule has 0 saturated carbocycles. The number of hydrogen-bond donors (Lipinski definition) is 0. The van der Waals surface area contributed by atoms with Gasteiger partial charge >= 0.3 is 0 Å². The van der Waals surface area contributed by atoms with Crippen molar-refractivity contribution in [3.63, 3.8) is 0 Å². The van der Waals surface area contributed by atoms with Crippen LogP contribution in [0.1, 0.15) is 29.6 Å². The second-order valence-corrected chi connectivity index (χ2v) is 10.4. The topological polar surface area (TPSA) is 70.6 Å². The van der Waals surface area contributed by atoms with Crippen molar-refractivity contribution < 1.29 is 17.6 Å². The van der Waals surface area contributed by atoms with Crippen molar-refractivity contribution in [2.24, 2.45) is 0 Å². The second-order valence-electron chi connectivity index (χ2n) is 7.70. The Morgan fingerprint density at radius 3 is 2.58 bits per heavy atom. The third kappa shape index (κ3) is 4.90. The molecule has 1 amide bonds. The predicted molar refractivity (Wildman–Crippen MR) is 128 cm³/mol. The van der Waals surface area contributed by atoms with Gasteiger partial charge in [0.15, 0.2) is 5.13 Å². The van der Waals surface area contributed by atoms with Crippen molar-refractivity contribution >= 4 is 32.4 Å². The van der Waals surface area contributed by atoms with E-state index >= 15 is 0 Å². The molecule has 1 saturated heterocycles. The molecule has 0 bridgehead atoms. The number of sulfonamides is 1. The quantitative estimate of drug-likeness (QED) is 0.444. The van der Waals surface area contributed by atoms with E-state index in [-0.39, 0.29) is 12.1 Å². The lowest BCUT2D eigenvalue weighted by Gasteiger charge is -2.26. The highest BCUT2D eigenvalue weighted by molar-refractivity contribution is 7.89. The molecule has 0 atom stereocenters. The lowest BCUT2D eigenvalue weighted by molar-refractivity contribution is 0.0989. The number of benzene rings is 2. The van der Waals surface area contributed by atoms with E-state index in [4.69, 9.17) is 0 Å². The van der Waals surface area contributed by atoms with Crippen LogP contribution in [0.4, 0.5) is 9.52 Å². The van der Waals surface area contributed by atoms with E-state index in [1.807, 2.05) is 35.7 Å². The fourth-order valence-electron chi connectivity index (χ4n) is 3.74. The molecule has 0 aliphatic carbocycles. The van der Waals surface area contributed by atoms with Gasteiger partial charge in [-0.25, -0.2) is 17.8 Å². The summed E-state index contributed by atoms with van der Waals surface area (Å²) in [6.07, 6.45) is 3.99. The largest absolute Gasteiger partial charge is 0.280 e. The minimum absolute atomic E-state index is 0.0743. The lowest BCUT2D eigenvalue weighted by Crippen LogP contribution is -2.36. The van der Waals surface area contributed by atoms with E-state index in [0.29, 0.717) is 18.2 Å². The monoisotopic (exact) mass is 485 g/mol. The van der Waals surface area contributed by atoms with Gasteiger partial charge in [0, 0.05) is 36.1 Å². The molecular weight excluding hydrogens is 461 g/mol. The SMILES string of the molecule is C=CCN(C(=O)c1ccc(F)c(S(=O)(=O)N2CCCCC2)c1)c1nc(-c2ccccc2)cs1. The first-order valence-corrected chi connectivity index (χ1v) is 13.0. The molecule has 1 fully saturated rings. The highest BCUT2D eigenvalue weighted by Gasteiger charge is 2.30. The van der Waals surface area contributed by atoms with Gasteiger partial charge in [0.2, 0.25) is 10.0 Å². The molecule has 1 aliphatic heterocycles. The van der Waals surface area contributed by atoms with Gasteiger partial charge in [0.05, 0.1) is 5.69 Å². The highest BCUT2D eigenvalue weighted by atomic mass is 32.2. The molecule has 0 N–H and O–H groups in total. The van der Waals surface area contributed by atoms with Gasteiger partial charge in [0.25, 0.3) is 5.91 Å². The third-order valence-corrected chi connectivity index (χ3v) is 8.24. The van der Waals surface area contributed by atoms with Crippen LogP contribution in [-0.4, -0.2) is 43.2 Å². The fraction of sp³-hybridized carbons (Fsp3) is 0.250. The summed E-state index contributed by atoms with van der Waals surface area (Å²) in [5, 5.41) is 2.30. The summed E-state index contributed by atoms with van der Waals surface area (Å²) in [5.41, 5.74) is 1.72. The van der Waals surface area contributed by atoms with Gasteiger partial charge in [-0.2, -0.15) is 4.31 Å². The van der Waals surface area contributed by atoms with Crippen molar-refractivity contribution in [3.05, 3.63) is 77.9 Å². The fourth-order valence-corrected chi connectivity index (χ4v) is 6.19. The number of rotatable bonds is 7. The van der Waals surface area contributed by atoms with E-state index in [1.54, 1.807) is 6.08 Å². The molecule has 172 valence electrons. The van der Waals surface area contributed by atoms with Crippen LogP contribution in [0.5, 0.6) is 0 Å². The molecule has 4 rings (SSSR count). The van der Waals surface area contributed by atoms with Crippen LogP contribution in [-0.2, 0) is 10.0 Å². The average molecular weight is 486 g/mol. The summed E-state index contributed by atoms with van der Waals surface area (Å²) < 4.78 is 42.0. The second kappa shape index (κ2) is 9.94. The Morgan fingerprint density at radius 1 is 1.15 bits per heavy atom. The predicted octanol–water partition coefficient (Wildman–Crippen LogP) is 4.96. The smallest absolute Gasteiger partial charge is 0.260 e. The molecule has 6 nitrogen and oxygen atoms in total. The summed E-state index contributed by atoms with van der Waals surface area (Å²) in [7, 11) is -4.03. The minimum atomic E-state index is -4.03. The molecule has 9 heteroatoms. The molecule has 0 spiro atoms. The zero-order valence-electron chi connectivity index (χ0n) is 18.0. The summed E-state index contributed by atoms with van der Waals surface area (Å²) in [6, 6.07) is 13.0. The van der Waals surface area contributed by atoms with Gasteiger partial charge in [-0.05, 0) is 31.0 Å². The number of anilines is 1. The van der Waals surface area contributed by atoms with Gasteiger partial charge < -0.3 is 0 Å². The Balaban J connectivity index is 1.66. The van der Waals surface area contributed by atoms with Crippen LogP contribution in [0.3, 0.4) is 0 Å². The number of halogens is 1. The van der Waals surface area contributed by atoms with Crippen molar-refractivity contribution in [1.82, 2.24) is 9.29 Å². The maximum atomic E-state index is 14.6. The first-order chi connectivity index (χ1) is 15.9. The number of aromatic nitrogens is 1. The molecular formula is C24H24FN3O3S2. The highest BCUT2D eigenvalue weighted by Crippen LogP contribution is 2.29. The summed E-state index contributed by atoms with van der Waals surface area (Å²) in [5.74, 6) is -1.34. The van der Waals surface area contributed by atoms with Gasteiger partial charge in [0.1, 0.15) is 10.7 Å². The summed E-state index contributed by atoms with van der Waals surface area (Å²) >= 11 is 1.30. The Labute approximate surface area is 197 Å². The molecule has 0 unspecified atom stereocenters. The van der Waals surface area contributed by atoms with Crippen LogP contribution >= 0.6 is 11.3 Å². The number of thiazole rings is 1. The molecule has 1 aliphatic rings. The maximum absolute atomic E-state index is 14.6. The number of hydrogen-bond acceptors (Lipinski definition) is 5. The van der Waals surface area contributed by atoms with E-state index in [9.17, 15) is 17.6 Å². The molecule has 1 aromatic heterocycles. The van der Waals surface area contributed by atoms with Gasteiger partial charge in [-0.1, -0.05) is 42.8 Å². The molecule has 0 radical (unpaired) electrons. The third-order valence-electron chi connectivity index (χ3n) is 5.46. The lowest BCUT2D eigenvalue weighted by atomic mass is 10.2. The summed E-state index contributed by atoms with van der Waals surface area (Å²) in [6.45, 7) is 4.59. The van der Waals surface area contributed by atoms with Gasteiger partial charge in [-0.15, -0.1) is 17.9 Å². The Hall–Kier alpha value is -2.88. The standard InChI is InChI=1S/C24H24FN3O3S2/c1-2-13-28(24-26-21(17-32-24)18-9-5-3-6-10-18)23(29)19-11-12-20(25)22(16-19)33(30,31)27-14-7-4-8-15-27/h2-3,5-6,9-12,16-17H,1,4,7-8,13-15H2. The minimum Gasteiger partial charge on any atom is -0.280 e. The molecule has 2 aromatic carbocycles. The van der Waals surface area contributed by atoms with Crippen molar-refractivity contribution in [2.75, 3.05) is 24.5 Å². The zero-order chi connectivity index (χ0) is 23.4. The van der Waals surface area contributed by atoms with Crippen molar-refractivity contribution in [2.45, 2.75) is 24.2 Å². The van der Waals surface area contributed by atoms with E-state index in [1.165, 1.54) is 26.6 Å². The molecule has 2 heterocycles. The number of amides is 1.